The van der Waals surface area contributed by atoms with E-state index in [-0.39, 0.29) is 11.8 Å². The molecule has 1 saturated heterocycles. The third-order valence-corrected chi connectivity index (χ3v) is 9.02. The SMILES string of the molecule is CCCCN(C)CCCNC(=O)c1ccc(/C=C2/SC3CCCCC3N(Cc3cccc(C)c3)C2=O)cc1. The monoisotopic (exact) mass is 533 g/mol. The molecule has 5 nitrogen and oxygen atoms in total. The first-order chi connectivity index (χ1) is 18.4. The highest BCUT2D eigenvalue weighted by atomic mass is 32.2. The van der Waals surface area contributed by atoms with E-state index in [1.165, 1.54) is 36.8 Å². The normalized spacial score (nSPS) is 20.6. The standard InChI is InChI=1S/C32H43N3O2S/c1-4-5-19-34(3)20-9-18-33-31(36)27-16-14-25(15-17-27)22-30-32(37)35(23-26-11-8-10-24(2)21-26)28-12-6-7-13-29(28)38-30/h8,10-11,14-17,21-22,28-29H,4-7,9,12-13,18-20,23H2,1-3H3,(H,33,36)/b30-22+. The van der Waals surface area contributed by atoms with E-state index in [9.17, 15) is 9.59 Å². The maximum absolute atomic E-state index is 13.7. The van der Waals surface area contributed by atoms with Gasteiger partial charge in [-0.3, -0.25) is 9.59 Å². The molecule has 6 heteroatoms. The van der Waals surface area contributed by atoms with Crippen LogP contribution in [0.3, 0.4) is 0 Å². The molecule has 0 radical (unpaired) electrons. The van der Waals surface area contributed by atoms with Gasteiger partial charge in [-0.2, -0.15) is 0 Å². The lowest BCUT2D eigenvalue weighted by Gasteiger charge is -2.44. The lowest BCUT2D eigenvalue weighted by Crippen LogP contribution is -2.50. The summed E-state index contributed by atoms with van der Waals surface area (Å²) in [5.41, 5.74) is 4.03. The average Bonchev–Trinajstić information content (AvgIpc) is 2.92. The molecule has 2 unspecified atom stereocenters. The first-order valence-corrected chi connectivity index (χ1v) is 15.1. The van der Waals surface area contributed by atoms with Gasteiger partial charge in [0.15, 0.2) is 0 Å². The van der Waals surface area contributed by atoms with Crippen molar-refractivity contribution >= 4 is 29.7 Å². The minimum absolute atomic E-state index is 0.0436. The van der Waals surface area contributed by atoms with Crippen LogP contribution in [0, 0.1) is 6.92 Å². The zero-order valence-corrected chi connectivity index (χ0v) is 24.1. The van der Waals surface area contributed by atoms with Crippen LogP contribution >= 0.6 is 11.8 Å². The van der Waals surface area contributed by atoms with Crippen LogP contribution in [-0.2, 0) is 11.3 Å². The number of nitrogens with zero attached hydrogens (tertiary/aromatic N) is 2. The summed E-state index contributed by atoms with van der Waals surface area (Å²) >= 11 is 1.75. The van der Waals surface area contributed by atoms with Crippen molar-refractivity contribution in [3.8, 4) is 0 Å². The molecule has 1 aliphatic heterocycles. The van der Waals surface area contributed by atoms with Gasteiger partial charge in [-0.25, -0.2) is 0 Å². The predicted octanol–water partition coefficient (Wildman–Crippen LogP) is 6.27. The summed E-state index contributed by atoms with van der Waals surface area (Å²) in [4.78, 5) is 31.5. The summed E-state index contributed by atoms with van der Waals surface area (Å²) in [7, 11) is 2.14. The van der Waals surface area contributed by atoms with E-state index < -0.39 is 0 Å². The molecule has 1 N–H and O–H groups in total. The Morgan fingerprint density at radius 2 is 1.87 bits per heavy atom. The summed E-state index contributed by atoms with van der Waals surface area (Å²) in [5.74, 6) is 0.0864. The number of amides is 2. The van der Waals surface area contributed by atoms with Crippen LogP contribution in [0.25, 0.3) is 6.08 Å². The minimum Gasteiger partial charge on any atom is -0.352 e. The van der Waals surface area contributed by atoms with Crippen molar-refractivity contribution in [2.24, 2.45) is 0 Å². The Hall–Kier alpha value is -2.57. The summed E-state index contributed by atoms with van der Waals surface area (Å²) < 4.78 is 0. The number of rotatable bonds is 11. The number of hydrogen-bond donors (Lipinski definition) is 1. The van der Waals surface area contributed by atoms with Crippen LogP contribution in [0.5, 0.6) is 0 Å². The Balaban J connectivity index is 1.38. The zero-order chi connectivity index (χ0) is 26.9. The van der Waals surface area contributed by atoms with E-state index >= 15 is 0 Å². The van der Waals surface area contributed by atoms with Gasteiger partial charge in [-0.15, -0.1) is 11.8 Å². The third-order valence-electron chi connectivity index (χ3n) is 7.62. The molecule has 0 bridgehead atoms. The predicted molar refractivity (Wildman–Crippen MR) is 159 cm³/mol. The molecular weight excluding hydrogens is 490 g/mol. The largest absolute Gasteiger partial charge is 0.352 e. The van der Waals surface area contributed by atoms with Crippen molar-refractivity contribution in [3.05, 3.63) is 75.7 Å². The minimum atomic E-state index is -0.0436. The highest BCUT2D eigenvalue weighted by Crippen LogP contribution is 2.42. The van der Waals surface area contributed by atoms with Crippen LogP contribution in [0.2, 0.25) is 0 Å². The van der Waals surface area contributed by atoms with Crippen LogP contribution in [0.15, 0.2) is 53.4 Å². The topological polar surface area (TPSA) is 52.7 Å². The molecule has 2 aliphatic rings. The molecular formula is C32H43N3O2S. The maximum Gasteiger partial charge on any atom is 0.260 e. The molecule has 38 heavy (non-hydrogen) atoms. The van der Waals surface area contributed by atoms with Crippen molar-refractivity contribution < 1.29 is 9.59 Å². The molecule has 4 rings (SSSR count). The van der Waals surface area contributed by atoms with E-state index in [2.05, 4.69) is 60.3 Å². The Labute approximate surface area is 233 Å². The molecule has 1 heterocycles. The highest BCUT2D eigenvalue weighted by Gasteiger charge is 2.40. The third kappa shape index (κ3) is 7.73. The quantitative estimate of drug-likeness (QED) is 0.273. The van der Waals surface area contributed by atoms with Gasteiger partial charge in [0.2, 0.25) is 0 Å². The summed E-state index contributed by atoms with van der Waals surface area (Å²) in [5, 5.41) is 3.48. The lowest BCUT2D eigenvalue weighted by molar-refractivity contribution is -0.130. The number of carbonyl (C=O) groups excluding carboxylic acids is 2. The van der Waals surface area contributed by atoms with Crippen LogP contribution in [0.1, 0.15) is 78.9 Å². The van der Waals surface area contributed by atoms with E-state index in [0.29, 0.717) is 29.9 Å². The fraction of sp³-hybridized carbons (Fsp3) is 0.500. The van der Waals surface area contributed by atoms with Gasteiger partial charge in [-0.1, -0.05) is 68.1 Å². The molecule has 2 aromatic rings. The van der Waals surface area contributed by atoms with Crippen LogP contribution < -0.4 is 5.32 Å². The van der Waals surface area contributed by atoms with Gasteiger partial charge in [0.1, 0.15) is 0 Å². The Morgan fingerprint density at radius 1 is 1.11 bits per heavy atom. The van der Waals surface area contributed by atoms with Crippen molar-refractivity contribution in [1.82, 2.24) is 15.1 Å². The summed E-state index contributed by atoms with van der Waals surface area (Å²) in [6.45, 7) is 7.73. The Kier molecular flexibility index (Phi) is 10.5. The Bertz CT molecular complexity index is 1110. The van der Waals surface area contributed by atoms with E-state index in [1.54, 1.807) is 11.8 Å². The number of fused-ring (bicyclic) bond motifs is 1. The van der Waals surface area contributed by atoms with E-state index in [4.69, 9.17) is 0 Å². The van der Waals surface area contributed by atoms with Crippen LogP contribution in [0.4, 0.5) is 0 Å². The number of benzene rings is 2. The van der Waals surface area contributed by atoms with Gasteiger partial charge in [0.25, 0.3) is 11.8 Å². The van der Waals surface area contributed by atoms with Gasteiger partial charge in [0.05, 0.1) is 4.91 Å². The van der Waals surface area contributed by atoms with Gasteiger partial charge >= 0.3 is 0 Å². The fourth-order valence-electron chi connectivity index (χ4n) is 5.44. The first-order valence-electron chi connectivity index (χ1n) is 14.3. The number of aryl methyl sites for hydroxylation is 1. The number of thioether (sulfide) groups is 1. The van der Waals surface area contributed by atoms with Gasteiger partial charge in [0, 0.05) is 29.9 Å². The molecule has 0 spiro atoms. The molecule has 2 amide bonds. The molecule has 0 aromatic heterocycles. The van der Waals surface area contributed by atoms with Gasteiger partial charge < -0.3 is 15.1 Å². The summed E-state index contributed by atoms with van der Waals surface area (Å²) in [6.07, 6.45) is 10.0. The van der Waals surface area contributed by atoms with E-state index in [1.807, 2.05) is 30.3 Å². The lowest BCUT2D eigenvalue weighted by atomic mass is 9.92. The van der Waals surface area contributed by atoms with Crippen molar-refractivity contribution in [2.75, 3.05) is 26.7 Å². The second kappa shape index (κ2) is 14.0. The molecule has 1 saturated carbocycles. The average molecular weight is 534 g/mol. The molecule has 2 aromatic carbocycles. The highest BCUT2D eigenvalue weighted by molar-refractivity contribution is 8.04. The first kappa shape index (κ1) is 28.4. The molecule has 204 valence electrons. The molecule has 2 fully saturated rings. The second-order valence-corrected chi connectivity index (χ2v) is 12.1. The summed E-state index contributed by atoms with van der Waals surface area (Å²) in [6, 6.07) is 16.4. The van der Waals surface area contributed by atoms with Crippen molar-refractivity contribution in [2.45, 2.75) is 76.6 Å². The van der Waals surface area contributed by atoms with E-state index in [0.717, 1.165) is 42.8 Å². The molecule has 1 aliphatic carbocycles. The fourth-order valence-corrected chi connectivity index (χ4v) is 6.92. The maximum atomic E-state index is 13.7. The number of nitrogens with one attached hydrogen (secondary N) is 1. The second-order valence-electron chi connectivity index (χ2n) is 10.8. The van der Waals surface area contributed by atoms with Crippen LogP contribution in [-0.4, -0.2) is 59.6 Å². The smallest absolute Gasteiger partial charge is 0.260 e. The van der Waals surface area contributed by atoms with Crippen molar-refractivity contribution in [3.63, 3.8) is 0 Å². The zero-order valence-electron chi connectivity index (χ0n) is 23.2. The number of unbranched alkanes of at least 4 members (excludes halogenated alkanes) is 1. The van der Waals surface area contributed by atoms with Gasteiger partial charge in [-0.05, 0) is 82.1 Å². The Morgan fingerprint density at radius 3 is 2.63 bits per heavy atom. The number of hydrogen-bond acceptors (Lipinski definition) is 4. The van der Waals surface area contributed by atoms with Crippen molar-refractivity contribution in [1.29, 1.82) is 0 Å². The molecule has 2 atom stereocenters. The number of carbonyl (C=O) groups is 2.